The van der Waals surface area contributed by atoms with Gasteiger partial charge in [0.1, 0.15) is 58.4 Å². The van der Waals surface area contributed by atoms with Crippen molar-refractivity contribution in [3.63, 3.8) is 0 Å². The molecular weight excluding hydrogens is 1070 g/mol. The molecule has 4 aromatic carbocycles. The normalized spacial score (nSPS) is 21.0. The van der Waals surface area contributed by atoms with Gasteiger partial charge >= 0.3 is 12.2 Å². The molecule has 25 heteroatoms. The van der Waals surface area contributed by atoms with Crippen LogP contribution in [0.1, 0.15) is 99.3 Å². The Morgan fingerprint density at radius 1 is 0.543 bits per heavy atom. The van der Waals surface area contributed by atoms with Crippen molar-refractivity contribution in [2.45, 2.75) is 101 Å². The third-order valence-electron chi connectivity index (χ3n) is 16.3. The molecule has 2 aromatic heterocycles. The van der Waals surface area contributed by atoms with Crippen LogP contribution in [0.5, 0.6) is 0 Å². The molecule has 6 heterocycles. The lowest BCUT2D eigenvalue weighted by molar-refractivity contribution is -0.138. The van der Waals surface area contributed by atoms with Crippen molar-refractivity contribution < 1.29 is 64.5 Å². The predicted molar refractivity (Wildman–Crippen MR) is 285 cm³/mol. The number of H-pyrrole nitrogens is 2. The molecule has 4 saturated heterocycles. The van der Waals surface area contributed by atoms with Crippen molar-refractivity contribution in [2.75, 3.05) is 82.4 Å². The van der Waals surface area contributed by atoms with E-state index in [-0.39, 0.29) is 78.2 Å². The Morgan fingerprint density at radius 2 is 0.951 bits per heavy atom. The first-order chi connectivity index (χ1) is 38.9. The summed E-state index contributed by atoms with van der Waals surface area (Å²) in [6, 6.07) is 6.08. The van der Waals surface area contributed by atoms with Crippen molar-refractivity contribution in [3.05, 3.63) is 112 Å². The second kappa shape index (κ2) is 23.4. The predicted octanol–water partition coefficient (Wildman–Crippen LogP) is 8.53. The Morgan fingerprint density at radius 3 is 1.35 bits per heavy atom. The minimum Gasteiger partial charge on any atom is -0.453 e. The molecule has 6 aromatic rings. The Bertz CT molecular complexity index is 3160. The van der Waals surface area contributed by atoms with Crippen LogP contribution in [0, 0.1) is 34.9 Å². The number of nitrogens with zero attached hydrogens (tertiary/aromatic N) is 7. The van der Waals surface area contributed by atoms with Gasteiger partial charge in [-0.05, 0) is 88.8 Å². The number of carbonyl (C=O) groups is 4. The van der Waals surface area contributed by atoms with Gasteiger partial charge in [-0.15, -0.1) is 0 Å². The van der Waals surface area contributed by atoms with Crippen molar-refractivity contribution in [1.82, 2.24) is 40.4 Å². The number of hydrogen-bond acceptors (Lipinski definition) is 13. The highest BCUT2D eigenvalue weighted by Crippen LogP contribution is 2.50. The number of nitrogens with one attached hydrogen (secondary N) is 4. The molecule has 19 nitrogen and oxygen atoms in total. The molecule has 1 unspecified atom stereocenters. The highest BCUT2D eigenvalue weighted by molar-refractivity contribution is 5.88. The van der Waals surface area contributed by atoms with Crippen LogP contribution < -0.4 is 25.3 Å². The summed E-state index contributed by atoms with van der Waals surface area (Å²) in [5.41, 5.74) is 0.837. The third-order valence-corrected chi connectivity index (χ3v) is 16.3. The second-order valence-corrected chi connectivity index (χ2v) is 20.8. The molecule has 4 amide bonds. The summed E-state index contributed by atoms with van der Waals surface area (Å²) in [5.74, 6) is -5.04. The molecule has 432 valence electrons. The summed E-state index contributed by atoms with van der Waals surface area (Å²) in [4.78, 5) is 76.4. The minimum atomic E-state index is -1.10. The van der Waals surface area contributed by atoms with Crippen LogP contribution in [0.4, 0.5) is 53.0 Å². The zero-order valence-electron chi connectivity index (χ0n) is 45.5. The summed E-state index contributed by atoms with van der Waals surface area (Å²) >= 11 is 0. The van der Waals surface area contributed by atoms with E-state index in [1.807, 2.05) is 0 Å². The molecule has 10 rings (SSSR count). The molecule has 4 aliphatic heterocycles. The lowest BCUT2D eigenvalue weighted by Crippen LogP contribution is -2.54. The lowest BCUT2D eigenvalue weighted by Gasteiger charge is -2.38. The number of imidazole rings is 2. The maximum absolute atomic E-state index is 17.0. The number of carbonyl (C=O) groups excluding carboxylic acids is 4. The Kier molecular flexibility index (Phi) is 16.3. The topological polar surface area (TPSA) is 203 Å². The van der Waals surface area contributed by atoms with Crippen LogP contribution in [0.2, 0.25) is 0 Å². The Balaban J connectivity index is 0.997. The van der Waals surface area contributed by atoms with E-state index in [9.17, 15) is 28.0 Å². The molecular formula is C56H63F6N11O8. The number of anilines is 3. The number of amides is 4. The van der Waals surface area contributed by atoms with Crippen LogP contribution in [-0.2, 0) is 28.5 Å². The number of aromatic nitrogens is 4. The third kappa shape index (κ3) is 10.8. The van der Waals surface area contributed by atoms with Crippen molar-refractivity contribution >= 4 is 63.1 Å². The zero-order valence-corrected chi connectivity index (χ0v) is 45.5. The summed E-state index contributed by atoms with van der Waals surface area (Å²) in [7, 11) is 5.18. The van der Waals surface area contributed by atoms with E-state index in [4.69, 9.17) is 28.9 Å². The summed E-state index contributed by atoms with van der Waals surface area (Å²) in [6.07, 6.45) is -0.570. The number of methoxy groups -OCH3 is 4. The maximum atomic E-state index is 17.0. The van der Waals surface area contributed by atoms with Gasteiger partial charge in [0.2, 0.25) is 11.8 Å². The standard InChI is InChI=1S/C56H63F6N11O8/c1-28(78-3)47(67-55(76)80-5)53(74)71-16-8-12-45(71)51-63-39-24-31(35(59)26-41(39)65-51)43-14-15-44(73(43)30-22-37(61)50(38(62)23-30)70-20-18-69(19-21-70)49-33(57)10-7-11-34(49)58)32-25-40-42(27-36(32)60)66-52(64-40)46-13-9-17-72(46)54(75)48(29(2)79-4)68-56(77)81-6/h7,10-11,22-29,43-48H,8-9,12-21H2,1-6H3,(H,63,65)(H,64,66)(H,67,76)(H,68,77)/t28-,29-,43-,44-,45+,46?,47+,48+/m1/s1. The Hall–Kier alpha value is -7.80. The van der Waals surface area contributed by atoms with Crippen molar-refractivity contribution in [3.8, 4) is 0 Å². The van der Waals surface area contributed by atoms with Crippen LogP contribution >= 0.6 is 0 Å². The molecule has 4 fully saturated rings. The SMILES string of the molecule is COC(=O)N[C@H](C(=O)N1CCCC1c1nc2cc(F)c([C@H]3CC[C@H](c4cc5[nH]c([C@@H]6CCCN6C(=O)[C@@H](NC(=O)OC)[C@@H](C)OC)nc5cc4F)N3c3cc(F)c(N4CCN(c5c(F)cccc5F)CC4)c(F)c3)cc2[nH]1)[C@@H](C)OC. The average Bonchev–Trinajstić information content (AvgIpc) is 4.46. The second-order valence-electron chi connectivity index (χ2n) is 20.8. The van der Waals surface area contributed by atoms with Crippen LogP contribution in [0.3, 0.4) is 0 Å². The van der Waals surface area contributed by atoms with Crippen LogP contribution in [0.25, 0.3) is 22.1 Å². The number of aromatic amines is 2. The maximum Gasteiger partial charge on any atom is 0.407 e. The van der Waals surface area contributed by atoms with E-state index >= 15 is 17.6 Å². The highest BCUT2D eigenvalue weighted by Gasteiger charge is 2.43. The number of para-hydroxylation sites is 1. The van der Waals surface area contributed by atoms with Crippen molar-refractivity contribution in [1.29, 1.82) is 0 Å². The highest BCUT2D eigenvalue weighted by atomic mass is 19.2. The first-order valence-electron chi connectivity index (χ1n) is 26.9. The molecule has 0 spiro atoms. The van der Waals surface area contributed by atoms with E-state index in [0.29, 0.717) is 61.5 Å². The number of likely N-dealkylation sites (tertiary alicyclic amines) is 2. The summed E-state index contributed by atoms with van der Waals surface area (Å²) < 4.78 is 118. The van der Waals surface area contributed by atoms with Gasteiger partial charge in [0.25, 0.3) is 0 Å². The van der Waals surface area contributed by atoms with Gasteiger partial charge in [-0.2, -0.15) is 0 Å². The number of ether oxygens (including phenoxy) is 4. The summed E-state index contributed by atoms with van der Waals surface area (Å²) in [5, 5.41) is 5.12. The van der Waals surface area contributed by atoms with Gasteiger partial charge in [-0.3, -0.25) is 9.59 Å². The number of piperazine rings is 1. The number of alkyl carbamates (subject to hydrolysis) is 2. The number of rotatable bonds is 15. The van der Waals surface area contributed by atoms with E-state index in [2.05, 4.69) is 20.6 Å². The molecule has 81 heavy (non-hydrogen) atoms. The van der Waals surface area contributed by atoms with E-state index < -0.39 is 107 Å². The fraction of sp³-hybridized carbons (Fsp3) is 0.464. The van der Waals surface area contributed by atoms with E-state index in [0.717, 1.165) is 24.3 Å². The molecule has 8 atom stereocenters. The Labute approximate surface area is 462 Å². The van der Waals surface area contributed by atoms with Gasteiger partial charge < -0.3 is 64.0 Å². The van der Waals surface area contributed by atoms with Gasteiger partial charge in [0.05, 0.1) is 72.7 Å². The first-order valence-corrected chi connectivity index (χ1v) is 26.9. The monoisotopic (exact) mass is 1130 g/mol. The number of hydrogen-bond donors (Lipinski definition) is 4. The first kappa shape index (κ1) is 56.5. The summed E-state index contributed by atoms with van der Waals surface area (Å²) in [6.45, 7) is 4.05. The average molecular weight is 1130 g/mol. The number of benzene rings is 4. The van der Waals surface area contributed by atoms with E-state index in [1.165, 1.54) is 56.4 Å². The lowest BCUT2D eigenvalue weighted by atomic mass is 10.0. The van der Waals surface area contributed by atoms with Gasteiger partial charge in [0, 0.05) is 82.4 Å². The quantitative estimate of drug-likeness (QED) is 0.0714. The fourth-order valence-electron chi connectivity index (χ4n) is 12.1. The minimum absolute atomic E-state index is 0.0127. The smallest absolute Gasteiger partial charge is 0.407 e. The number of halogens is 6. The largest absolute Gasteiger partial charge is 0.453 e. The van der Waals surface area contributed by atoms with Gasteiger partial charge in [-0.1, -0.05) is 6.07 Å². The molecule has 4 N–H and O–H groups in total. The molecule has 0 bridgehead atoms. The van der Waals surface area contributed by atoms with Gasteiger partial charge in [0.15, 0.2) is 11.6 Å². The number of fused-ring (bicyclic) bond motifs is 2. The van der Waals surface area contributed by atoms with Crippen molar-refractivity contribution in [2.24, 2.45) is 0 Å². The zero-order chi connectivity index (χ0) is 57.6. The van der Waals surface area contributed by atoms with Crippen LogP contribution in [0.15, 0.2) is 54.6 Å². The van der Waals surface area contributed by atoms with E-state index in [1.54, 1.807) is 40.7 Å². The molecule has 0 saturated carbocycles. The van der Waals surface area contributed by atoms with Gasteiger partial charge in [-0.25, -0.2) is 45.9 Å². The fourth-order valence-corrected chi connectivity index (χ4v) is 12.1. The molecule has 4 aliphatic rings. The van der Waals surface area contributed by atoms with Crippen LogP contribution in [-0.4, -0.2) is 146 Å². The molecule has 0 aliphatic carbocycles. The molecule has 0 radical (unpaired) electrons.